The molecule has 0 aliphatic rings. The number of fused-ring (bicyclic) bond motifs is 2. The number of pyridine rings is 2. The Hall–Kier alpha value is -5.98. The van der Waals surface area contributed by atoms with Gasteiger partial charge in [0.15, 0.2) is 3.92 Å². The van der Waals surface area contributed by atoms with Crippen LogP contribution < -0.4 is 15.4 Å². The van der Waals surface area contributed by atoms with E-state index in [1.165, 1.54) is 59.3 Å². The molecular formula is C35H25BrF2N10O3S2. The van der Waals surface area contributed by atoms with Crippen LogP contribution in [0.1, 0.15) is 30.5 Å². The molecule has 18 heteroatoms. The van der Waals surface area contributed by atoms with E-state index in [0.29, 0.717) is 62.6 Å². The van der Waals surface area contributed by atoms with Crippen LogP contribution in [0.2, 0.25) is 0 Å². The Morgan fingerprint density at radius 1 is 0.679 bits per heavy atom. The van der Waals surface area contributed by atoms with Gasteiger partial charge in [0.25, 0.3) is 17.0 Å². The topological polar surface area (TPSA) is 155 Å². The Bertz CT molecular complexity index is 2550. The van der Waals surface area contributed by atoms with E-state index in [1.54, 1.807) is 77.9 Å². The maximum absolute atomic E-state index is 13.2. The summed E-state index contributed by atoms with van der Waals surface area (Å²) in [7, 11) is 1.55. The molecule has 53 heavy (non-hydrogen) atoms. The van der Waals surface area contributed by atoms with Crippen molar-refractivity contribution in [3.8, 4) is 16.6 Å². The highest BCUT2D eigenvalue weighted by atomic mass is 79.9. The van der Waals surface area contributed by atoms with Crippen LogP contribution in [0.5, 0.6) is 5.19 Å². The SMILES string of the molecule is COc1ncc(CNC(=O)c2cncc3c2cnn3-c2ccc(F)cc2)s1.O=C(NCc1cnc(Br)s1)c1cncc2c1cnn2-c1ccc(F)cc1. The number of nitrogens with one attached hydrogen (secondary N) is 2. The second-order valence-corrected chi connectivity index (χ2v) is 14.5. The predicted molar refractivity (Wildman–Crippen MR) is 198 cm³/mol. The van der Waals surface area contributed by atoms with E-state index in [0.717, 1.165) is 13.7 Å². The number of hydrogen-bond acceptors (Lipinski definition) is 11. The fourth-order valence-electron chi connectivity index (χ4n) is 5.18. The lowest BCUT2D eigenvalue weighted by Crippen LogP contribution is -2.22. The van der Waals surface area contributed by atoms with Gasteiger partial charge in [-0.3, -0.25) is 19.6 Å². The summed E-state index contributed by atoms with van der Waals surface area (Å²) in [5.41, 5.74) is 3.55. The average molecular weight is 816 g/mol. The highest BCUT2D eigenvalue weighted by Crippen LogP contribution is 2.24. The number of carbonyl (C=O) groups is 2. The number of carbonyl (C=O) groups excluding carboxylic acids is 2. The standard InChI is InChI=1S/C18H14FN5O2S.C17H11BrFN5OS/c1-26-18-22-7-13(27-18)6-21-17(25)15-8-20-10-16-14(15)9-23-24(16)12-4-2-11(19)3-5-12;18-17-22-6-12(26-17)5-21-16(25)14-7-20-9-15-13(14)8-23-24(15)11-3-1-10(19)2-4-11/h2-5,7-10H,6H2,1H3,(H,21,25);1-4,6-9H,5H2,(H,21,25). The van der Waals surface area contributed by atoms with E-state index >= 15 is 0 Å². The van der Waals surface area contributed by atoms with Gasteiger partial charge < -0.3 is 15.4 Å². The molecule has 0 bridgehead atoms. The monoisotopic (exact) mass is 814 g/mol. The van der Waals surface area contributed by atoms with Crippen molar-refractivity contribution in [3.05, 3.63) is 135 Å². The quantitative estimate of drug-likeness (QED) is 0.163. The zero-order valence-electron chi connectivity index (χ0n) is 27.4. The fourth-order valence-corrected chi connectivity index (χ4v) is 7.14. The summed E-state index contributed by atoms with van der Waals surface area (Å²) in [5, 5.41) is 16.2. The van der Waals surface area contributed by atoms with Crippen molar-refractivity contribution < 1.29 is 23.1 Å². The Morgan fingerprint density at radius 2 is 1.15 bits per heavy atom. The minimum Gasteiger partial charge on any atom is -0.473 e. The molecule has 0 unspecified atom stereocenters. The molecule has 0 fully saturated rings. The normalized spacial score (nSPS) is 10.9. The molecule has 0 saturated carbocycles. The van der Waals surface area contributed by atoms with Gasteiger partial charge in [0.2, 0.25) is 0 Å². The number of aromatic nitrogens is 8. The predicted octanol–water partition coefficient (Wildman–Crippen LogP) is 6.66. The van der Waals surface area contributed by atoms with Crippen LogP contribution in [0.4, 0.5) is 8.78 Å². The lowest BCUT2D eigenvalue weighted by Gasteiger charge is -2.06. The number of thiazole rings is 2. The molecule has 8 rings (SSSR count). The second-order valence-electron chi connectivity index (χ2n) is 11.0. The van der Waals surface area contributed by atoms with Crippen LogP contribution in [0.15, 0.2) is 102 Å². The number of hydrogen-bond donors (Lipinski definition) is 2. The van der Waals surface area contributed by atoms with Crippen LogP contribution in [0.3, 0.4) is 0 Å². The number of methoxy groups -OCH3 is 1. The van der Waals surface area contributed by atoms with Gasteiger partial charge in [-0.25, -0.2) is 28.1 Å². The summed E-state index contributed by atoms with van der Waals surface area (Å²) in [6.07, 6.45) is 12.8. The van der Waals surface area contributed by atoms with E-state index in [1.807, 2.05) is 0 Å². The van der Waals surface area contributed by atoms with E-state index in [2.05, 4.69) is 56.7 Å². The molecule has 8 aromatic rings. The van der Waals surface area contributed by atoms with Gasteiger partial charge in [-0.2, -0.15) is 10.2 Å². The lowest BCUT2D eigenvalue weighted by atomic mass is 10.2. The van der Waals surface area contributed by atoms with Crippen LogP contribution in [-0.4, -0.2) is 58.4 Å². The number of nitrogens with zero attached hydrogens (tertiary/aromatic N) is 8. The maximum atomic E-state index is 13.2. The third kappa shape index (κ3) is 7.93. The van der Waals surface area contributed by atoms with E-state index in [9.17, 15) is 18.4 Å². The van der Waals surface area contributed by atoms with Crippen LogP contribution in [0.25, 0.3) is 33.2 Å². The highest BCUT2D eigenvalue weighted by molar-refractivity contribution is 9.11. The van der Waals surface area contributed by atoms with Gasteiger partial charge in [0, 0.05) is 45.3 Å². The van der Waals surface area contributed by atoms with Gasteiger partial charge in [0.1, 0.15) is 11.6 Å². The molecule has 0 spiro atoms. The maximum Gasteiger partial charge on any atom is 0.273 e. The number of halogens is 3. The second kappa shape index (κ2) is 15.7. The number of rotatable bonds is 9. The van der Waals surface area contributed by atoms with Crippen LogP contribution >= 0.6 is 38.6 Å². The molecule has 13 nitrogen and oxygen atoms in total. The molecule has 6 aromatic heterocycles. The zero-order valence-corrected chi connectivity index (χ0v) is 30.6. The molecule has 2 N–H and O–H groups in total. The van der Waals surface area contributed by atoms with Crippen LogP contribution in [0, 0.1) is 11.6 Å². The molecule has 266 valence electrons. The highest BCUT2D eigenvalue weighted by Gasteiger charge is 2.17. The minimum atomic E-state index is -0.326. The molecule has 0 aliphatic carbocycles. The molecular weight excluding hydrogens is 790 g/mol. The molecule has 6 heterocycles. The molecule has 0 atom stereocenters. The molecule has 2 amide bonds. The molecule has 0 aliphatic heterocycles. The Labute approximate surface area is 315 Å². The summed E-state index contributed by atoms with van der Waals surface area (Å²) in [5.74, 6) is -1.16. The van der Waals surface area contributed by atoms with Crippen molar-refractivity contribution in [2.75, 3.05) is 7.11 Å². The summed E-state index contributed by atoms with van der Waals surface area (Å²) >= 11 is 6.12. The number of benzene rings is 2. The third-order valence-corrected chi connectivity index (χ3v) is 10.1. The molecule has 0 radical (unpaired) electrons. The summed E-state index contributed by atoms with van der Waals surface area (Å²) < 4.78 is 35.3. The van der Waals surface area contributed by atoms with Gasteiger partial charge in [-0.05, 0) is 64.5 Å². The first-order valence-electron chi connectivity index (χ1n) is 15.6. The first kappa shape index (κ1) is 35.4. The summed E-state index contributed by atoms with van der Waals surface area (Å²) in [4.78, 5) is 43.5. The van der Waals surface area contributed by atoms with E-state index in [-0.39, 0.29) is 23.4 Å². The first-order valence-corrected chi connectivity index (χ1v) is 18.0. The molecule has 2 aromatic carbocycles. The lowest BCUT2D eigenvalue weighted by molar-refractivity contribution is 0.0944. The third-order valence-electron chi connectivity index (χ3n) is 7.70. The van der Waals surface area contributed by atoms with Crippen molar-refractivity contribution in [1.29, 1.82) is 0 Å². The van der Waals surface area contributed by atoms with Crippen LogP contribution in [-0.2, 0) is 13.1 Å². The minimum absolute atomic E-state index is 0.244. The Morgan fingerprint density at radius 3 is 1.58 bits per heavy atom. The Kier molecular flexibility index (Phi) is 10.5. The van der Waals surface area contributed by atoms with Crippen molar-refractivity contribution in [1.82, 2.24) is 50.1 Å². The smallest absolute Gasteiger partial charge is 0.273 e. The number of ether oxygens (including phenoxy) is 1. The van der Waals surface area contributed by atoms with Crippen molar-refractivity contribution in [2.24, 2.45) is 0 Å². The van der Waals surface area contributed by atoms with Crippen molar-refractivity contribution in [3.63, 3.8) is 0 Å². The fraction of sp³-hybridized carbons (Fsp3) is 0.0857. The number of amides is 2. The Balaban J connectivity index is 0.000000164. The zero-order chi connectivity index (χ0) is 36.9. The average Bonchev–Trinajstić information content (AvgIpc) is 4.00. The van der Waals surface area contributed by atoms with Gasteiger partial charge in [0.05, 0.1) is 78.5 Å². The van der Waals surface area contributed by atoms with Gasteiger partial charge >= 0.3 is 0 Å². The largest absolute Gasteiger partial charge is 0.473 e. The first-order chi connectivity index (χ1) is 25.8. The van der Waals surface area contributed by atoms with Crippen molar-refractivity contribution in [2.45, 2.75) is 13.1 Å². The van der Waals surface area contributed by atoms with Gasteiger partial charge in [-0.1, -0.05) is 11.3 Å². The van der Waals surface area contributed by atoms with Crippen molar-refractivity contribution >= 4 is 72.2 Å². The van der Waals surface area contributed by atoms with E-state index < -0.39 is 0 Å². The van der Waals surface area contributed by atoms with E-state index in [4.69, 9.17) is 4.74 Å². The summed E-state index contributed by atoms with van der Waals surface area (Å²) in [6, 6.07) is 11.9. The molecule has 0 saturated heterocycles. The summed E-state index contributed by atoms with van der Waals surface area (Å²) in [6.45, 7) is 0.715. The van der Waals surface area contributed by atoms with Gasteiger partial charge in [-0.15, -0.1) is 11.3 Å².